The van der Waals surface area contributed by atoms with Gasteiger partial charge in [0.1, 0.15) is 0 Å². The van der Waals surface area contributed by atoms with Crippen LogP contribution in [0.4, 0.5) is 0 Å². The lowest BCUT2D eigenvalue weighted by molar-refractivity contribution is -0.117. The molecule has 2 aromatic rings. The van der Waals surface area contributed by atoms with Crippen molar-refractivity contribution in [2.75, 3.05) is 6.54 Å². The van der Waals surface area contributed by atoms with Crippen LogP contribution in [-0.4, -0.2) is 18.4 Å². The summed E-state index contributed by atoms with van der Waals surface area (Å²) in [7, 11) is 0. The van der Waals surface area contributed by atoms with Gasteiger partial charge in [-0.25, -0.2) is 0 Å². The number of hydrogen-bond acceptors (Lipinski definition) is 3. The van der Waals surface area contributed by atoms with E-state index in [2.05, 4.69) is 37.4 Å². The van der Waals surface area contributed by atoms with Crippen LogP contribution in [0.3, 0.4) is 0 Å². The van der Waals surface area contributed by atoms with Gasteiger partial charge >= 0.3 is 0 Å². The SMILES string of the molecule is Cc1ccc(C)c(SCc2cccc(C(=O)NCC(N)=O)c2)c1. The van der Waals surface area contributed by atoms with Crippen molar-refractivity contribution in [1.82, 2.24) is 5.32 Å². The Morgan fingerprint density at radius 3 is 2.65 bits per heavy atom. The molecule has 0 fully saturated rings. The van der Waals surface area contributed by atoms with E-state index in [4.69, 9.17) is 5.73 Å². The molecule has 0 aliphatic rings. The van der Waals surface area contributed by atoms with Gasteiger partial charge in [-0.3, -0.25) is 9.59 Å². The van der Waals surface area contributed by atoms with Gasteiger partial charge < -0.3 is 11.1 Å². The first-order valence-electron chi connectivity index (χ1n) is 7.31. The lowest BCUT2D eigenvalue weighted by Crippen LogP contribution is -2.33. The van der Waals surface area contributed by atoms with Crippen molar-refractivity contribution in [3.8, 4) is 0 Å². The van der Waals surface area contributed by atoms with Gasteiger partial charge in [-0.1, -0.05) is 29.8 Å². The summed E-state index contributed by atoms with van der Waals surface area (Å²) in [6, 6.07) is 13.8. The van der Waals surface area contributed by atoms with E-state index in [1.165, 1.54) is 16.0 Å². The molecule has 0 atom stereocenters. The minimum absolute atomic E-state index is 0.152. The Morgan fingerprint density at radius 2 is 1.91 bits per heavy atom. The van der Waals surface area contributed by atoms with Gasteiger partial charge in [-0.05, 0) is 43.2 Å². The van der Waals surface area contributed by atoms with Gasteiger partial charge in [-0.15, -0.1) is 11.8 Å². The molecule has 4 nitrogen and oxygen atoms in total. The molecule has 3 N–H and O–H groups in total. The zero-order valence-electron chi connectivity index (χ0n) is 13.3. The molecule has 2 aromatic carbocycles. The minimum Gasteiger partial charge on any atom is -0.368 e. The van der Waals surface area contributed by atoms with E-state index in [-0.39, 0.29) is 12.5 Å². The quantitative estimate of drug-likeness (QED) is 0.801. The van der Waals surface area contributed by atoms with E-state index >= 15 is 0 Å². The highest BCUT2D eigenvalue weighted by Gasteiger charge is 2.08. The highest BCUT2D eigenvalue weighted by Crippen LogP contribution is 2.27. The van der Waals surface area contributed by atoms with Crippen molar-refractivity contribution in [2.24, 2.45) is 5.73 Å². The second-order valence-corrected chi connectivity index (χ2v) is 6.42. The molecule has 0 unspecified atom stereocenters. The number of benzene rings is 2. The average molecular weight is 328 g/mol. The lowest BCUT2D eigenvalue weighted by atomic mass is 10.1. The number of amides is 2. The van der Waals surface area contributed by atoms with Crippen LogP contribution in [0.5, 0.6) is 0 Å². The number of thioether (sulfide) groups is 1. The van der Waals surface area contributed by atoms with E-state index in [1.54, 1.807) is 17.8 Å². The van der Waals surface area contributed by atoms with Gasteiger partial charge in [-0.2, -0.15) is 0 Å². The van der Waals surface area contributed by atoms with Crippen molar-refractivity contribution in [3.63, 3.8) is 0 Å². The minimum atomic E-state index is -0.556. The normalized spacial score (nSPS) is 10.3. The first-order chi connectivity index (χ1) is 11.0. The van der Waals surface area contributed by atoms with E-state index in [9.17, 15) is 9.59 Å². The summed E-state index contributed by atoms with van der Waals surface area (Å²) < 4.78 is 0. The third-order valence-corrected chi connectivity index (χ3v) is 4.58. The number of carbonyl (C=O) groups is 2. The summed E-state index contributed by atoms with van der Waals surface area (Å²) in [5, 5.41) is 2.50. The molecule has 0 aliphatic carbocycles. The van der Waals surface area contributed by atoms with E-state index in [0.717, 1.165) is 11.3 Å². The topological polar surface area (TPSA) is 72.2 Å². The Hall–Kier alpha value is -2.27. The molecule has 2 rings (SSSR count). The van der Waals surface area contributed by atoms with E-state index < -0.39 is 5.91 Å². The third-order valence-electron chi connectivity index (χ3n) is 3.35. The average Bonchev–Trinajstić information content (AvgIpc) is 2.53. The lowest BCUT2D eigenvalue weighted by Gasteiger charge is -2.08. The predicted octanol–water partition coefficient (Wildman–Crippen LogP) is 2.81. The highest BCUT2D eigenvalue weighted by atomic mass is 32.2. The van der Waals surface area contributed by atoms with Crippen LogP contribution >= 0.6 is 11.8 Å². The number of nitrogens with two attached hydrogens (primary N) is 1. The van der Waals surface area contributed by atoms with Crippen LogP contribution in [0, 0.1) is 13.8 Å². The smallest absolute Gasteiger partial charge is 0.251 e. The van der Waals surface area contributed by atoms with Gasteiger partial charge in [0.15, 0.2) is 0 Å². The Bertz CT molecular complexity index is 729. The summed E-state index contributed by atoms with van der Waals surface area (Å²) in [6.45, 7) is 4.02. The fourth-order valence-electron chi connectivity index (χ4n) is 2.10. The number of aryl methyl sites for hydroxylation is 2. The summed E-state index contributed by atoms with van der Waals surface area (Å²) in [4.78, 5) is 23.9. The molecule has 23 heavy (non-hydrogen) atoms. The Kier molecular flexibility index (Phi) is 5.82. The molecular weight excluding hydrogens is 308 g/mol. The molecule has 2 amide bonds. The standard InChI is InChI=1S/C18H20N2O2S/c1-12-6-7-13(2)16(8-12)23-11-14-4-3-5-15(9-14)18(22)20-10-17(19)21/h3-9H,10-11H2,1-2H3,(H2,19,21)(H,20,22). The van der Waals surface area contributed by atoms with Crippen molar-refractivity contribution < 1.29 is 9.59 Å². The van der Waals surface area contributed by atoms with Gasteiger partial charge in [0.2, 0.25) is 5.91 Å². The largest absolute Gasteiger partial charge is 0.368 e. The molecule has 0 radical (unpaired) electrons. The van der Waals surface area contributed by atoms with Crippen LogP contribution in [-0.2, 0) is 10.5 Å². The molecule has 120 valence electrons. The molecule has 0 heterocycles. The molecule has 0 saturated heterocycles. The van der Waals surface area contributed by atoms with Gasteiger partial charge in [0.25, 0.3) is 5.91 Å². The van der Waals surface area contributed by atoms with Crippen molar-refractivity contribution in [3.05, 3.63) is 64.7 Å². The number of nitrogens with one attached hydrogen (secondary N) is 1. The van der Waals surface area contributed by atoms with Crippen LogP contribution < -0.4 is 11.1 Å². The Labute approximate surface area is 140 Å². The summed E-state index contributed by atoms with van der Waals surface area (Å²) in [6.07, 6.45) is 0. The first-order valence-corrected chi connectivity index (χ1v) is 8.30. The van der Waals surface area contributed by atoms with Gasteiger partial charge in [0.05, 0.1) is 6.54 Å². The molecule has 0 saturated carbocycles. The van der Waals surface area contributed by atoms with Crippen molar-refractivity contribution >= 4 is 23.6 Å². The summed E-state index contributed by atoms with van der Waals surface area (Å²) in [5.41, 5.74) is 9.10. The summed E-state index contributed by atoms with van der Waals surface area (Å²) in [5.74, 6) is -0.0660. The molecule has 0 aliphatic heterocycles. The maximum Gasteiger partial charge on any atom is 0.251 e. The highest BCUT2D eigenvalue weighted by molar-refractivity contribution is 7.98. The molecule has 0 spiro atoms. The maximum absolute atomic E-state index is 11.9. The molecular formula is C18H20N2O2S. The summed E-state index contributed by atoms with van der Waals surface area (Å²) >= 11 is 1.75. The fraction of sp³-hybridized carbons (Fsp3) is 0.222. The molecule has 5 heteroatoms. The maximum atomic E-state index is 11.9. The van der Waals surface area contributed by atoms with Crippen LogP contribution in [0.15, 0.2) is 47.4 Å². The van der Waals surface area contributed by atoms with Crippen LogP contribution in [0.25, 0.3) is 0 Å². The monoisotopic (exact) mass is 328 g/mol. The molecule has 0 aromatic heterocycles. The van der Waals surface area contributed by atoms with Crippen LogP contribution in [0.1, 0.15) is 27.0 Å². The Morgan fingerprint density at radius 1 is 1.13 bits per heavy atom. The van der Waals surface area contributed by atoms with E-state index in [0.29, 0.717) is 5.56 Å². The van der Waals surface area contributed by atoms with Crippen molar-refractivity contribution in [2.45, 2.75) is 24.5 Å². The zero-order valence-corrected chi connectivity index (χ0v) is 14.1. The predicted molar refractivity (Wildman–Crippen MR) is 93.4 cm³/mol. The van der Waals surface area contributed by atoms with E-state index in [1.807, 2.05) is 18.2 Å². The number of primary amides is 1. The Balaban J connectivity index is 2.03. The molecule has 0 bridgehead atoms. The first kappa shape index (κ1) is 17.1. The zero-order chi connectivity index (χ0) is 16.8. The second-order valence-electron chi connectivity index (χ2n) is 5.41. The number of carbonyl (C=O) groups excluding carboxylic acids is 2. The number of rotatable bonds is 6. The number of hydrogen-bond donors (Lipinski definition) is 2. The van der Waals surface area contributed by atoms with Crippen LogP contribution in [0.2, 0.25) is 0 Å². The third kappa shape index (κ3) is 5.14. The second kappa shape index (κ2) is 7.83. The van der Waals surface area contributed by atoms with Crippen molar-refractivity contribution in [1.29, 1.82) is 0 Å². The van der Waals surface area contributed by atoms with Gasteiger partial charge in [0, 0.05) is 16.2 Å². The fourth-order valence-corrected chi connectivity index (χ4v) is 3.16.